The van der Waals surface area contributed by atoms with E-state index in [0.717, 1.165) is 40.6 Å². The number of rotatable bonds is 6. The first kappa shape index (κ1) is 23.0. The number of halogens is 2. The number of amidine groups is 1. The van der Waals surface area contributed by atoms with E-state index in [1.54, 1.807) is 17.4 Å². The van der Waals surface area contributed by atoms with Gasteiger partial charge >= 0.3 is 0 Å². The van der Waals surface area contributed by atoms with Crippen LogP contribution in [0.1, 0.15) is 41.7 Å². The Morgan fingerprint density at radius 3 is 2.75 bits per heavy atom. The minimum Gasteiger partial charge on any atom is -0.379 e. The van der Waals surface area contributed by atoms with Crippen LogP contribution in [-0.4, -0.2) is 54.8 Å². The highest BCUT2D eigenvalue weighted by molar-refractivity contribution is 7.16. The molecule has 32 heavy (non-hydrogen) atoms. The minimum absolute atomic E-state index is 0.0164. The molecule has 2 aliphatic heterocycles. The van der Waals surface area contributed by atoms with Crippen molar-refractivity contribution >= 4 is 45.4 Å². The van der Waals surface area contributed by atoms with Crippen LogP contribution in [0.2, 0.25) is 5.02 Å². The first-order valence-corrected chi connectivity index (χ1v) is 12.3. The van der Waals surface area contributed by atoms with Crippen molar-refractivity contribution in [1.29, 1.82) is 5.41 Å². The molecule has 0 saturated carbocycles. The van der Waals surface area contributed by atoms with Gasteiger partial charge < -0.3 is 20.4 Å². The average molecular weight is 478 g/mol. The highest BCUT2D eigenvalue weighted by Crippen LogP contribution is 2.37. The van der Waals surface area contributed by atoms with Gasteiger partial charge in [0.25, 0.3) is 0 Å². The Bertz CT molecular complexity index is 1000. The van der Waals surface area contributed by atoms with E-state index in [4.69, 9.17) is 17.0 Å². The van der Waals surface area contributed by atoms with Crippen molar-refractivity contribution in [3.63, 3.8) is 0 Å². The Hall–Kier alpha value is -2.16. The number of hydrogen-bond acceptors (Lipinski definition) is 5. The van der Waals surface area contributed by atoms with Gasteiger partial charge in [-0.25, -0.2) is 4.39 Å². The highest BCUT2D eigenvalue weighted by atomic mass is 35.5. The third-order valence-corrected chi connectivity index (χ3v) is 7.69. The van der Waals surface area contributed by atoms with Crippen molar-refractivity contribution < 1.29 is 9.18 Å². The number of piperidine rings is 1. The lowest BCUT2D eigenvalue weighted by molar-refractivity contribution is -0.132. The maximum atomic E-state index is 13.5. The second kappa shape index (κ2) is 10.2. The molecule has 1 aromatic heterocycles. The normalized spacial score (nSPS) is 16.5. The number of fused-ring (bicyclic) bond motifs is 1. The summed E-state index contributed by atoms with van der Waals surface area (Å²) in [5.74, 6) is -0.0478. The summed E-state index contributed by atoms with van der Waals surface area (Å²) in [5.41, 5.74) is 2.48. The van der Waals surface area contributed by atoms with Crippen LogP contribution in [0.15, 0.2) is 18.2 Å². The number of benzene rings is 1. The quantitative estimate of drug-likeness (QED) is 0.413. The number of likely N-dealkylation sites (tertiary alicyclic amines) is 1. The van der Waals surface area contributed by atoms with Crippen molar-refractivity contribution in [3.05, 3.63) is 45.0 Å². The largest absolute Gasteiger partial charge is 0.379 e. The fraction of sp³-hybridized carbons (Fsp3) is 0.478. The maximum Gasteiger partial charge on any atom is 0.224 e. The van der Waals surface area contributed by atoms with Crippen molar-refractivity contribution in [2.75, 3.05) is 43.9 Å². The molecule has 6 nitrogen and oxygen atoms in total. The Morgan fingerprint density at radius 2 is 2.03 bits per heavy atom. The number of hydrogen-bond donors (Lipinski definition) is 3. The summed E-state index contributed by atoms with van der Waals surface area (Å²) in [6.45, 7) is 4.29. The van der Waals surface area contributed by atoms with Gasteiger partial charge in [-0.05, 0) is 56.1 Å². The summed E-state index contributed by atoms with van der Waals surface area (Å²) in [7, 11) is 1.84. The van der Waals surface area contributed by atoms with Gasteiger partial charge in [-0.2, -0.15) is 0 Å². The van der Waals surface area contributed by atoms with Crippen molar-refractivity contribution in [1.82, 2.24) is 9.80 Å². The van der Waals surface area contributed by atoms with Gasteiger partial charge in [0, 0.05) is 37.1 Å². The second-order valence-electron chi connectivity index (χ2n) is 8.30. The Labute approximate surface area is 197 Å². The summed E-state index contributed by atoms with van der Waals surface area (Å²) in [6.07, 6.45) is 5.04. The van der Waals surface area contributed by atoms with Crippen LogP contribution in [0.4, 0.5) is 15.1 Å². The van der Waals surface area contributed by atoms with Crippen LogP contribution in [0.25, 0.3) is 0 Å². The van der Waals surface area contributed by atoms with Gasteiger partial charge in [0.05, 0.1) is 22.1 Å². The molecule has 0 spiro atoms. The van der Waals surface area contributed by atoms with Crippen LogP contribution >= 0.6 is 22.9 Å². The van der Waals surface area contributed by atoms with E-state index < -0.39 is 5.82 Å². The number of amides is 1. The van der Waals surface area contributed by atoms with Crippen LogP contribution < -0.4 is 10.6 Å². The minimum atomic E-state index is -0.488. The number of nitrogens with zero attached hydrogens (tertiary/aromatic N) is 2. The zero-order valence-electron chi connectivity index (χ0n) is 18.3. The molecule has 0 unspecified atom stereocenters. The summed E-state index contributed by atoms with van der Waals surface area (Å²) < 4.78 is 13.5. The zero-order chi connectivity index (χ0) is 22.7. The number of anilines is 2. The average Bonchev–Trinajstić information content (AvgIpc) is 3.18. The Kier molecular flexibility index (Phi) is 7.33. The number of nitrogens with one attached hydrogen (secondary N) is 3. The van der Waals surface area contributed by atoms with Crippen molar-refractivity contribution in [3.8, 4) is 0 Å². The van der Waals surface area contributed by atoms with Crippen LogP contribution in [0.3, 0.4) is 0 Å². The van der Waals surface area contributed by atoms with E-state index in [1.165, 1.54) is 31.4 Å². The molecule has 0 bridgehead atoms. The van der Waals surface area contributed by atoms with E-state index in [-0.39, 0.29) is 16.8 Å². The van der Waals surface area contributed by atoms with Crippen LogP contribution in [-0.2, 0) is 17.8 Å². The van der Waals surface area contributed by atoms with E-state index in [9.17, 15) is 9.18 Å². The molecule has 4 rings (SSSR count). The smallest absolute Gasteiger partial charge is 0.224 e. The lowest BCUT2D eigenvalue weighted by atomic mass is 10.0. The Balaban J connectivity index is 1.44. The topological polar surface area (TPSA) is 71.5 Å². The molecule has 0 aliphatic carbocycles. The SMILES string of the molecule is CNc1sc2c(c1C(=N)Nc1ccc(F)c(Cl)c1)CCN(C(=O)CCN1CCCCC1)C2. The lowest BCUT2D eigenvalue weighted by Crippen LogP contribution is -2.39. The van der Waals surface area contributed by atoms with Crippen LogP contribution in [0, 0.1) is 11.2 Å². The lowest BCUT2D eigenvalue weighted by Gasteiger charge is -2.30. The molecule has 0 atom stereocenters. The summed E-state index contributed by atoms with van der Waals surface area (Å²) in [4.78, 5) is 18.3. The number of thiophene rings is 1. The molecule has 2 aliphatic rings. The standard InChI is InChI=1S/C23H29ClFN5OS/c1-27-23-21(22(26)28-15-5-6-18(25)17(24)13-15)16-7-12-30(14-19(16)32-23)20(31)8-11-29-9-3-2-4-10-29/h5-6,13,27H,2-4,7-12,14H2,1H3,(H2,26,28). The monoisotopic (exact) mass is 477 g/mol. The van der Waals surface area contributed by atoms with E-state index in [0.29, 0.717) is 31.6 Å². The van der Waals surface area contributed by atoms with Gasteiger partial charge in [0.1, 0.15) is 11.7 Å². The highest BCUT2D eigenvalue weighted by Gasteiger charge is 2.28. The molecule has 9 heteroatoms. The molecule has 2 aromatic rings. The predicted octanol–water partition coefficient (Wildman–Crippen LogP) is 4.78. The van der Waals surface area contributed by atoms with E-state index in [1.807, 2.05) is 11.9 Å². The van der Waals surface area contributed by atoms with Crippen LogP contribution in [0.5, 0.6) is 0 Å². The van der Waals surface area contributed by atoms with E-state index >= 15 is 0 Å². The molecular formula is C23H29ClFN5OS. The van der Waals surface area contributed by atoms with Gasteiger partial charge in [0.2, 0.25) is 5.91 Å². The fourth-order valence-corrected chi connectivity index (χ4v) is 5.84. The third kappa shape index (κ3) is 5.08. The molecule has 3 heterocycles. The molecule has 1 saturated heterocycles. The van der Waals surface area contributed by atoms with E-state index in [2.05, 4.69) is 15.5 Å². The summed E-state index contributed by atoms with van der Waals surface area (Å²) in [6, 6.07) is 4.33. The van der Waals surface area contributed by atoms with Gasteiger partial charge in [0.15, 0.2) is 0 Å². The molecule has 1 fully saturated rings. The van der Waals surface area contributed by atoms with Gasteiger partial charge in [-0.1, -0.05) is 18.0 Å². The fourth-order valence-electron chi connectivity index (χ4n) is 4.43. The van der Waals surface area contributed by atoms with Gasteiger partial charge in [-0.15, -0.1) is 11.3 Å². The molecule has 1 amide bonds. The first-order chi connectivity index (χ1) is 15.5. The predicted molar refractivity (Wildman–Crippen MR) is 130 cm³/mol. The molecule has 1 aromatic carbocycles. The summed E-state index contributed by atoms with van der Waals surface area (Å²) >= 11 is 7.47. The summed E-state index contributed by atoms with van der Waals surface area (Å²) in [5, 5.41) is 15.8. The molecule has 172 valence electrons. The molecular weight excluding hydrogens is 449 g/mol. The number of carbonyl (C=O) groups excluding carboxylic acids is 1. The molecule has 3 N–H and O–H groups in total. The Morgan fingerprint density at radius 1 is 1.25 bits per heavy atom. The second-order valence-corrected chi connectivity index (χ2v) is 9.82. The van der Waals surface area contributed by atoms with Gasteiger partial charge in [-0.3, -0.25) is 10.2 Å². The molecule has 0 radical (unpaired) electrons. The third-order valence-electron chi connectivity index (χ3n) is 6.17. The zero-order valence-corrected chi connectivity index (χ0v) is 19.8. The van der Waals surface area contributed by atoms with Crippen molar-refractivity contribution in [2.24, 2.45) is 0 Å². The van der Waals surface area contributed by atoms with Crippen molar-refractivity contribution in [2.45, 2.75) is 38.6 Å². The first-order valence-electron chi connectivity index (χ1n) is 11.1. The maximum absolute atomic E-state index is 13.5. The number of carbonyl (C=O) groups is 1.